The summed E-state index contributed by atoms with van der Waals surface area (Å²) in [6, 6.07) is 0. The summed E-state index contributed by atoms with van der Waals surface area (Å²) >= 11 is 0. The molecule has 9 aliphatic rings. The lowest BCUT2D eigenvalue weighted by Crippen LogP contribution is -2.65. The van der Waals surface area contributed by atoms with Gasteiger partial charge in [0.25, 0.3) is 0 Å². The molecule has 3 saturated carbocycles. The first-order chi connectivity index (χ1) is 36.2. The molecule has 0 aromatic carbocycles. The Kier molecular flexibility index (Phi) is 17.2. The first-order valence-corrected chi connectivity index (χ1v) is 28.0. The number of hydrogen-bond acceptors (Lipinski definition) is 22. The number of aliphatic hydroxyl groups excluding tert-OH is 9. The van der Waals surface area contributed by atoms with Crippen LogP contribution in [0.4, 0.5) is 0 Å². The summed E-state index contributed by atoms with van der Waals surface area (Å²) in [5, 5.41) is 98.7. The van der Waals surface area contributed by atoms with Gasteiger partial charge in [0.1, 0.15) is 91.1 Å². The van der Waals surface area contributed by atoms with Gasteiger partial charge in [0, 0.05) is 19.4 Å². The van der Waals surface area contributed by atoms with Crippen LogP contribution in [0.15, 0.2) is 11.6 Å². The van der Waals surface area contributed by atoms with Crippen molar-refractivity contribution in [1.82, 2.24) is 0 Å². The van der Waals surface area contributed by atoms with Crippen LogP contribution in [0.5, 0.6) is 0 Å². The van der Waals surface area contributed by atoms with Crippen LogP contribution in [-0.2, 0) is 61.7 Å². The van der Waals surface area contributed by atoms with Crippen molar-refractivity contribution >= 4 is 11.9 Å². The molecule has 77 heavy (non-hydrogen) atoms. The highest BCUT2D eigenvalue weighted by molar-refractivity contribution is 5.84. The Morgan fingerprint density at radius 3 is 2.08 bits per heavy atom. The normalized spacial score (nSPS) is 51.5. The highest BCUT2D eigenvalue weighted by atomic mass is 16.8. The molecule has 8 fully saturated rings. The van der Waals surface area contributed by atoms with Gasteiger partial charge in [0.15, 0.2) is 25.2 Å². The van der Waals surface area contributed by atoms with Gasteiger partial charge < -0.3 is 98.1 Å². The molecule has 0 amide bonds. The second kappa shape index (κ2) is 22.3. The third-order valence-electron chi connectivity index (χ3n) is 20.2. The van der Waals surface area contributed by atoms with Gasteiger partial charge in [0.05, 0.1) is 43.4 Å². The topological polar surface area (TPSA) is 318 Å². The fourth-order valence-electron chi connectivity index (χ4n) is 16.3. The molecule has 22 nitrogen and oxygen atoms in total. The molecule has 9 N–H and O–H groups in total. The summed E-state index contributed by atoms with van der Waals surface area (Å²) in [4.78, 5) is 27.4. The molecular weight excluding hydrogens is 1010 g/mol. The minimum atomic E-state index is -1.84. The molecule has 1 spiro atoms. The van der Waals surface area contributed by atoms with Gasteiger partial charge in [-0.3, -0.25) is 9.59 Å². The first kappa shape index (κ1) is 59.6. The minimum Gasteiger partial charge on any atom is -0.462 e. The summed E-state index contributed by atoms with van der Waals surface area (Å²) in [5.74, 6) is -0.104. The molecule has 5 aliphatic heterocycles. The number of cyclic esters (lactones) is 1. The molecule has 5 saturated heterocycles. The molecule has 27 atom stereocenters. The number of rotatable bonds is 15. The van der Waals surface area contributed by atoms with Crippen molar-refractivity contribution in [3.05, 3.63) is 11.6 Å². The fraction of sp³-hybridized carbons (Fsp3) is 0.927. The zero-order chi connectivity index (χ0) is 56.1. The van der Waals surface area contributed by atoms with Crippen LogP contribution in [0.25, 0.3) is 0 Å². The number of allylic oxidation sites excluding steroid dienone is 2. The molecular formula is C55H88O22. The second-order valence-corrected chi connectivity index (χ2v) is 25.6. The molecule has 0 unspecified atom stereocenters. The van der Waals surface area contributed by atoms with Crippen molar-refractivity contribution in [3.63, 3.8) is 0 Å². The van der Waals surface area contributed by atoms with Crippen LogP contribution in [-0.4, -0.2) is 213 Å². The van der Waals surface area contributed by atoms with E-state index in [0.717, 1.165) is 25.7 Å². The Morgan fingerprint density at radius 1 is 0.753 bits per heavy atom. The summed E-state index contributed by atoms with van der Waals surface area (Å²) < 4.78 is 66.1. The molecule has 9 rings (SSSR count). The van der Waals surface area contributed by atoms with Crippen LogP contribution in [0, 0.1) is 45.3 Å². The van der Waals surface area contributed by atoms with Crippen molar-refractivity contribution in [1.29, 1.82) is 0 Å². The lowest BCUT2D eigenvalue weighted by atomic mass is 9.41. The quantitative estimate of drug-likeness (QED) is 0.0812. The smallest absolute Gasteiger partial charge is 0.314 e. The average Bonchev–Trinajstić information content (AvgIpc) is 3.95. The predicted octanol–water partition coefficient (Wildman–Crippen LogP) is 0.873. The van der Waals surface area contributed by atoms with Gasteiger partial charge in [-0.15, -0.1) is 0 Å². The van der Waals surface area contributed by atoms with Crippen molar-refractivity contribution in [3.8, 4) is 0 Å². The average molecular weight is 1100 g/mol. The number of ether oxygens (including phenoxy) is 11. The molecule has 0 aromatic heterocycles. The van der Waals surface area contributed by atoms with E-state index < -0.39 is 158 Å². The Bertz CT molecular complexity index is 2130. The molecule has 5 heterocycles. The lowest BCUT2D eigenvalue weighted by Gasteiger charge is -2.63. The van der Waals surface area contributed by atoms with E-state index >= 15 is 0 Å². The first-order valence-electron chi connectivity index (χ1n) is 28.0. The van der Waals surface area contributed by atoms with Crippen LogP contribution in [0.1, 0.15) is 120 Å². The number of carbonyl (C=O) groups excluding carboxylic acids is 2. The van der Waals surface area contributed by atoms with Crippen molar-refractivity contribution < 1.29 is 108 Å². The van der Waals surface area contributed by atoms with E-state index in [4.69, 9.17) is 52.1 Å². The van der Waals surface area contributed by atoms with E-state index in [1.54, 1.807) is 0 Å². The summed E-state index contributed by atoms with van der Waals surface area (Å²) in [6.45, 7) is 16.9. The van der Waals surface area contributed by atoms with Gasteiger partial charge in [-0.05, 0) is 93.8 Å². The van der Waals surface area contributed by atoms with Gasteiger partial charge >= 0.3 is 11.9 Å². The number of aliphatic hydroxyl groups is 9. The Hall–Kier alpha value is -2.04. The van der Waals surface area contributed by atoms with Crippen LogP contribution < -0.4 is 0 Å². The van der Waals surface area contributed by atoms with E-state index in [0.29, 0.717) is 38.0 Å². The maximum atomic E-state index is 14.6. The van der Waals surface area contributed by atoms with E-state index in [9.17, 15) is 55.5 Å². The Balaban J connectivity index is 0.874. The zero-order valence-corrected chi connectivity index (χ0v) is 46.3. The third-order valence-corrected chi connectivity index (χ3v) is 20.2. The number of hydrogen-bond donors (Lipinski definition) is 9. The zero-order valence-electron chi connectivity index (χ0n) is 46.3. The number of methoxy groups -OCH3 is 1. The molecule has 4 aliphatic carbocycles. The number of esters is 2. The van der Waals surface area contributed by atoms with Gasteiger partial charge in [-0.1, -0.05) is 59.6 Å². The highest BCUT2D eigenvalue weighted by Gasteiger charge is 2.79. The summed E-state index contributed by atoms with van der Waals surface area (Å²) in [6.07, 6.45) is -18.8. The number of fused-ring (bicyclic) bond motifs is 4. The standard InChI is InChI=1S/C55H88O22/c1-24(2)12-11-17-54(9)45-31(71-26(4)57)20-53(8)28-13-14-33-51(5,6)34(16-18-52(33,7)27(28)15-19-55(45,53)50(66)77-54)73-49-44(35(60)29(58)22-69-49)76-47-38(63)37(62)41(25(3)70-47)74-46-39(64)42(30(59)23-68-46)75-48-40(65)43(67-10)36(61)32(21-56)72-48/h13,24-25,27,29-49,56,58-65H,11-12,14-23H2,1-10H3/t25-,27+,29-,30-,31-,32-,33+,34+,35+,36-,37-,38-,39-,40-,41-,42+,43+,44-,45-,46+,47+,48+,49+,52-,53+,54+,55-/m1/s1. The van der Waals surface area contributed by atoms with Crippen molar-refractivity contribution in [2.75, 3.05) is 26.9 Å². The van der Waals surface area contributed by atoms with Gasteiger partial charge in [-0.2, -0.15) is 0 Å². The van der Waals surface area contributed by atoms with Gasteiger partial charge in [0.2, 0.25) is 0 Å². The third kappa shape index (κ3) is 10.1. The van der Waals surface area contributed by atoms with Crippen molar-refractivity contribution in [2.24, 2.45) is 45.3 Å². The minimum absolute atomic E-state index is 0.0907. The maximum absolute atomic E-state index is 14.6. The van der Waals surface area contributed by atoms with E-state index in [2.05, 4.69) is 47.6 Å². The maximum Gasteiger partial charge on any atom is 0.314 e. The second-order valence-electron chi connectivity index (χ2n) is 25.6. The SMILES string of the molecule is CO[C@@H]1[C@@H](O)[C@H](O[C@@H]2[C@@H](O)[C@H](O[C@H]3[C@H](O)[C@@H](O)[C@H](O[C@H]4[C@H](O[C@H]5CC[C@]6(C)[C@H]7CC[C@]89C(=O)O[C@@](C)(CCCC(C)C)[C@H]8[C@H](OC(C)=O)C[C@@]9(C)C7=CC[C@H]6C5(C)C)OC[C@@H](O)[C@@H]4O)O[C@@H]3C)OC[C@H]2O)O[C@H](CO)[C@H]1O. The predicted molar refractivity (Wildman–Crippen MR) is 265 cm³/mol. The summed E-state index contributed by atoms with van der Waals surface area (Å²) in [7, 11) is 1.23. The fourth-order valence-corrected chi connectivity index (χ4v) is 16.3. The molecule has 22 heteroatoms. The van der Waals surface area contributed by atoms with E-state index in [1.165, 1.54) is 26.5 Å². The summed E-state index contributed by atoms with van der Waals surface area (Å²) in [5.41, 5.74) is -1.67. The van der Waals surface area contributed by atoms with Gasteiger partial charge in [-0.25, -0.2) is 0 Å². The Labute approximate surface area is 450 Å². The van der Waals surface area contributed by atoms with E-state index in [1.807, 2.05) is 6.92 Å². The monoisotopic (exact) mass is 1100 g/mol. The molecule has 0 bridgehead atoms. The molecule has 440 valence electrons. The van der Waals surface area contributed by atoms with Crippen LogP contribution in [0.2, 0.25) is 0 Å². The van der Waals surface area contributed by atoms with Crippen LogP contribution in [0.3, 0.4) is 0 Å². The lowest BCUT2D eigenvalue weighted by molar-refractivity contribution is -0.382. The molecule has 0 radical (unpaired) electrons. The Morgan fingerprint density at radius 2 is 1.40 bits per heavy atom. The van der Waals surface area contributed by atoms with Crippen LogP contribution >= 0.6 is 0 Å². The van der Waals surface area contributed by atoms with E-state index in [-0.39, 0.29) is 41.7 Å². The number of carbonyl (C=O) groups is 2. The molecule has 0 aromatic rings. The van der Waals surface area contributed by atoms with Crippen molar-refractivity contribution in [2.45, 2.75) is 249 Å². The highest BCUT2D eigenvalue weighted by Crippen LogP contribution is 2.77. The largest absolute Gasteiger partial charge is 0.462 e.